The van der Waals surface area contributed by atoms with Crippen molar-refractivity contribution in [2.75, 3.05) is 32.6 Å². The van der Waals surface area contributed by atoms with E-state index in [0.29, 0.717) is 30.3 Å². The van der Waals surface area contributed by atoms with Gasteiger partial charge in [0, 0.05) is 24.9 Å². The van der Waals surface area contributed by atoms with Gasteiger partial charge in [0.2, 0.25) is 15.9 Å². The fourth-order valence-electron chi connectivity index (χ4n) is 3.23. The Labute approximate surface area is 193 Å². The first-order valence-corrected chi connectivity index (χ1v) is 11.8. The van der Waals surface area contributed by atoms with Gasteiger partial charge in [0.05, 0.1) is 19.1 Å². The second kappa shape index (κ2) is 10.6. The highest BCUT2D eigenvalue weighted by atomic mass is 32.2. The molecule has 1 aliphatic heterocycles. The van der Waals surface area contributed by atoms with Crippen molar-refractivity contribution in [3.63, 3.8) is 0 Å². The van der Waals surface area contributed by atoms with Crippen molar-refractivity contribution in [3.05, 3.63) is 54.1 Å². The van der Waals surface area contributed by atoms with Gasteiger partial charge in [0.1, 0.15) is 0 Å². The van der Waals surface area contributed by atoms with E-state index in [0.717, 1.165) is 18.4 Å². The number of hydrogen-bond acceptors (Lipinski definition) is 6. The van der Waals surface area contributed by atoms with Crippen molar-refractivity contribution < 1.29 is 22.7 Å². The first-order chi connectivity index (χ1) is 15.3. The number of thiocarbonyl (C=S) groups is 1. The molecule has 0 unspecified atom stereocenters. The van der Waals surface area contributed by atoms with E-state index in [1.54, 1.807) is 43.5 Å². The fourth-order valence-corrected chi connectivity index (χ4v) is 4.97. The summed E-state index contributed by atoms with van der Waals surface area (Å²) >= 11 is 5.17. The number of carbonyl (C=O) groups excluding carboxylic acids is 1. The van der Waals surface area contributed by atoms with Crippen LogP contribution >= 0.6 is 12.2 Å². The highest BCUT2D eigenvalue weighted by Gasteiger charge is 2.26. The normalized spacial score (nSPS) is 14.3. The molecule has 0 aromatic heterocycles. The molecule has 170 valence electrons. The van der Waals surface area contributed by atoms with Gasteiger partial charge in [-0.3, -0.25) is 10.1 Å². The zero-order valence-electron chi connectivity index (χ0n) is 17.8. The molecule has 0 saturated carbocycles. The van der Waals surface area contributed by atoms with Gasteiger partial charge in [-0.25, -0.2) is 8.42 Å². The molecule has 0 bridgehead atoms. The van der Waals surface area contributed by atoms with Crippen LogP contribution in [-0.2, 0) is 14.8 Å². The smallest absolute Gasteiger partial charge is 0.250 e. The summed E-state index contributed by atoms with van der Waals surface area (Å²) in [6.45, 7) is 1.10. The number of nitrogens with one attached hydrogen (secondary N) is 2. The molecule has 2 aromatic rings. The fraction of sp³-hybridized carbons (Fsp3) is 0.273. The van der Waals surface area contributed by atoms with E-state index in [-0.39, 0.29) is 10.0 Å². The highest BCUT2D eigenvalue weighted by Crippen LogP contribution is 2.28. The highest BCUT2D eigenvalue weighted by molar-refractivity contribution is 7.89. The number of sulfonamides is 1. The van der Waals surface area contributed by atoms with Crippen LogP contribution in [0, 0.1) is 0 Å². The Hall–Kier alpha value is -2.95. The standard InChI is InChI=1S/C22H25N3O5S2/c1-29-19-11-5-16(15-20(19)30-2)6-12-21(26)24-22(31)23-17-7-9-18(10-8-17)32(27,28)25-13-3-4-14-25/h5-12,15H,3-4,13-14H2,1-2H3,(H2,23,24,26,31). The van der Waals surface area contributed by atoms with Crippen LogP contribution in [0.5, 0.6) is 11.5 Å². The SMILES string of the molecule is COc1ccc(C=CC(=O)NC(=S)Nc2ccc(S(=O)(=O)N3CCCC3)cc2)cc1OC. The second-order valence-corrected chi connectivity index (χ2v) is 9.37. The summed E-state index contributed by atoms with van der Waals surface area (Å²) in [4.78, 5) is 12.4. The van der Waals surface area contributed by atoms with Crippen LogP contribution in [0.3, 0.4) is 0 Å². The molecule has 0 atom stereocenters. The lowest BCUT2D eigenvalue weighted by atomic mass is 10.2. The monoisotopic (exact) mass is 475 g/mol. The minimum atomic E-state index is -3.47. The molecule has 32 heavy (non-hydrogen) atoms. The Bertz CT molecular complexity index is 1110. The van der Waals surface area contributed by atoms with Crippen LogP contribution in [0.15, 0.2) is 53.4 Å². The van der Waals surface area contributed by atoms with Gasteiger partial charge in [0.25, 0.3) is 0 Å². The molecule has 8 nitrogen and oxygen atoms in total. The van der Waals surface area contributed by atoms with E-state index in [1.807, 2.05) is 0 Å². The topological polar surface area (TPSA) is 97.0 Å². The van der Waals surface area contributed by atoms with Gasteiger partial charge in [-0.2, -0.15) is 4.31 Å². The minimum Gasteiger partial charge on any atom is -0.493 e. The molecule has 0 radical (unpaired) electrons. The summed E-state index contributed by atoms with van der Waals surface area (Å²) < 4.78 is 37.1. The summed E-state index contributed by atoms with van der Waals surface area (Å²) in [7, 11) is -0.381. The van der Waals surface area contributed by atoms with Crippen molar-refractivity contribution in [1.82, 2.24) is 9.62 Å². The third-order valence-corrected chi connectivity index (χ3v) is 7.00. The van der Waals surface area contributed by atoms with Crippen LogP contribution in [0.4, 0.5) is 5.69 Å². The van der Waals surface area contributed by atoms with Gasteiger partial charge in [0.15, 0.2) is 16.6 Å². The molecule has 10 heteroatoms. The average molecular weight is 476 g/mol. The van der Waals surface area contributed by atoms with Gasteiger partial charge >= 0.3 is 0 Å². The Morgan fingerprint density at radius 2 is 1.69 bits per heavy atom. The number of ether oxygens (including phenoxy) is 2. The van der Waals surface area contributed by atoms with Crippen molar-refractivity contribution in [2.24, 2.45) is 0 Å². The lowest BCUT2D eigenvalue weighted by Crippen LogP contribution is -2.32. The number of rotatable bonds is 7. The summed E-state index contributed by atoms with van der Waals surface area (Å²) in [5.41, 5.74) is 1.33. The summed E-state index contributed by atoms with van der Waals surface area (Å²) in [5, 5.41) is 5.52. The van der Waals surface area contributed by atoms with Gasteiger partial charge in [-0.1, -0.05) is 6.07 Å². The quantitative estimate of drug-likeness (QED) is 0.469. The number of carbonyl (C=O) groups is 1. The van der Waals surface area contributed by atoms with Crippen molar-refractivity contribution in [2.45, 2.75) is 17.7 Å². The predicted molar refractivity (Wildman–Crippen MR) is 127 cm³/mol. The minimum absolute atomic E-state index is 0.0992. The van der Waals surface area contributed by atoms with Crippen LogP contribution in [0.2, 0.25) is 0 Å². The van der Waals surface area contributed by atoms with E-state index in [4.69, 9.17) is 21.7 Å². The largest absolute Gasteiger partial charge is 0.493 e. The third kappa shape index (κ3) is 5.84. The molecule has 1 saturated heterocycles. The Kier molecular flexibility index (Phi) is 7.84. The van der Waals surface area contributed by atoms with E-state index in [1.165, 1.54) is 29.6 Å². The van der Waals surface area contributed by atoms with E-state index >= 15 is 0 Å². The van der Waals surface area contributed by atoms with Crippen LogP contribution in [0.1, 0.15) is 18.4 Å². The summed E-state index contributed by atoms with van der Waals surface area (Å²) in [6.07, 6.45) is 4.74. The number of hydrogen-bond donors (Lipinski definition) is 2. The molecule has 2 aromatic carbocycles. The van der Waals surface area contributed by atoms with Crippen LogP contribution in [-0.4, -0.2) is 51.1 Å². The van der Waals surface area contributed by atoms with Gasteiger partial charge in [-0.15, -0.1) is 0 Å². The molecule has 1 heterocycles. The molecule has 1 amide bonds. The Balaban J connectivity index is 1.56. The average Bonchev–Trinajstić information content (AvgIpc) is 3.33. The lowest BCUT2D eigenvalue weighted by molar-refractivity contribution is -0.115. The maximum atomic E-state index is 12.6. The van der Waals surface area contributed by atoms with Crippen molar-refractivity contribution >= 4 is 45.0 Å². The number of benzene rings is 2. The van der Waals surface area contributed by atoms with Crippen molar-refractivity contribution in [3.8, 4) is 11.5 Å². The van der Waals surface area contributed by atoms with Crippen molar-refractivity contribution in [1.29, 1.82) is 0 Å². The molecule has 0 aliphatic carbocycles. The van der Waals surface area contributed by atoms with E-state index in [2.05, 4.69) is 10.6 Å². The van der Waals surface area contributed by atoms with E-state index < -0.39 is 15.9 Å². The molecule has 2 N–H and O–H groups in total. The van der Waals surface area contributed by atoms with Gasteiger partial charge in [-0.05, 0) is 73.1 Å². The Morgan fingerprint density at radius 3 is 2.31 bits per heavy atom. The van der Waals surface area contributed by atoms with Crippen LogP contribution < -0.4 is 20.1 Å². The predicted octanol–water partition coefficient (Wildman–Crippen LogP) is 3.01. The maximum absolute atomic E-state index is 12.6. The molecule has 0 spiro atoms. The number of nitrogens with zero attached hydrogens (tertiary/aromatic N) is 1. The zero-order valence-corrected chi connectivity index (χ0v) is 19.5. The van der Waals surface area contributed by atoms with E-state index in [9.17, 15) is 13.2 Å². The molecule has 1 fully saturated rings. The first kappa shape index (κ1) is 23.7. The molecular weight excluding hydrogens is 450 g/mol. The number of anilines is 1. The molecule has 3 rings (SSSR count). The second-order valence-electron chi connectivity index (χ2n) is 7.03. The first-order valence-electron chi connectivity index (χ1n) is 9.96. The Morgan fingerprint density at radius 1 is 1.03 bits per heavy atom. The molecule has 1 aliphatic rings. The van der Waals surface area contributed by atoms with Gasteiger partial charge < -0.3 is 14.8 Å². The zero-order chi connectivity index (χ0) is 23.1. The lowest BCUT2D eigenvalue weighted by Gasteiger charge is -2.16. The van der Waals surface area contributed by atoms with Crippen LogP contribution in [0.25, 0.3) is 6.08 Å². The third-order valence-electron chi connectivity index (χ3n) is 4.89. The maximum Gasteiger partial charge on any atom is 0.250 e. The molecular formula is C22H25N3O5S2. The summed E-state index contributed by atoms with van der Waals surface area (Å²) in [6, 6.07) is 11.6. The summed E-state index contributed by atoms with van der Waals surface area (Å²) in [5.74, 6) is 0.742. The number of amides is 1. The number of methoxy groups -OCH3 is 2.